The van der Waals surface area contributed by atoms with Crippen LogP contribution in [0.5, 0.6) is 5.75 Å². The Labute approximate surface area is 143 Å². The Morgan fingerprint density at radius 2 is 2.21 bits per heavy atom. The van der Waals surface area contributed by atoms with Crippen LogP contribution < -0.4 is 20.7 Å². The molecule has 24 heavy (non-hydrogen) atoms. The number of nitrogens with two attached hydrogens (primary N) is 1. The van der Waals surface area contributed by atoms with E-state index in [2.05, 4.69) is 21.7 Å². The van der Waals surface area contributed by atoms with Gasteiger partial charge in [-0.2, -0.15) is 0 Å². The molecule has 1 aliphatic heterocycles. The number of nitrogen functional groups attached to an aromatic ring is 1. The van der Waals surface area contributed by atoms with Crippen molar-refractivity contribution in [1.82, 2.24) is 4.90 Å². The molecule has 1 fully saturated rings. The van der Waals surface area contributed by atoms with Crippen LogP contribution in [0.4, 0.5) is 17.1 Å². The topological polar surface area (TPSA) is 80.1 Å². The molecule has 1 amide bonds. The molecule has 1 saturated heterocycles. The van der Waals surface area contributed by atoms with Crippen LogP contribution in [-0.2, 0) is 9.53 Å². The Kier molecular flexibility index (Phi) is 6.45. The number of likely N-dealkylation sites (N-methyl/N-ethyl adjacent to an activating group) is 1. The second-order valence-corrected chi connectivity index (χ2v) is 5.68. The van der Waals surface area contributed by atoms with Gasteiger partial charge in [0.2, 0.25) is 5.91 Å². The van der Waals surface area contributed by atoms with Crippen molar-refractivity contribution in [2.75, 3.05) is 69.5 Å². The maximum atomic E-state index is 11.7. The summed E-state index contributed by atoms with van der Waals surface area (Å²) in [5.74, 6) is 0.308. The van der Waals surface area contributed by atoms with Gasteiger partial charge in [0.1, 0.15) is 5.75 Å². The molecule has 0 radical (unpaired) electrons. The van der Waals surface area contributed by atoms with Gasteiger partial charge in [0, 0.05) is 39.3 Å². The number of nitrogens with one attached hydrogen (secondary N) is 1. The molecule has 0 saturated carbocycles. The largest absolute Gasteiger partial charge is 0.495 e. The van der Waals surface area contributed by atoms with E-state index in [-0.39, 0.29) is 5.91 Å². The van der Waals surface area contributed by atoms with E-state index in [4.69, 9.17) is 15.2 Å². The first kappa shape index (κ1) is 18.1. The molecule has 1 aliphatic rings. The molecular formula is C17H26N4O3. The number of benzene rings is 1. The number of carbonyl (C=O) groups excluding carboxylic acids is 1. The summed E-state index contributed by atoms with van der Waals surface area (Å²) in [5.41, 5.74) is 7.93. The average molecular weight is 334 g/mol. The zero-order valence-corrected chi connectivity index (χ0v) is 14.4. The summed E-state index contributed by atoms with van der Waals surface area (Å²) in [7, 11) is 3.56. The number of carbonyl (C=O) groups is 1. The molecule has 0 unspecified atom stereocenters. The van der Waals surface area contributed by atoms with Crippen LogP contribution in [0.25, 0.3) is 0 Å². The molecule has 7 heteroatoms. The zero-order valence-electron chi connectivity index (χ0n) is 14.4. The second-order valence-electron chi connectivity index (χ2n) is 5.68. The number of hydrogen-bond acceptors (Lipinski definition) is 6. The minimum atomic E-state index is -0.276. The van der Waals surface area contributed by atoms with Gasteiger partial charge in [0.05, 0.1) is 37.4 Å². The highest BCUT2D eigenvalue weighted by atomic mass is 16.5. The molecule has 2 rings (SSSR count). The Balaban J connectivity index is 2.14. The Morgan fingerprint density at radius 3 is 2.83 bits per heavy atom. The lowest BCUT2D eigenvalue weighted by Crippen LogP contribution is -2.40. The van der Waals surface area contributed by atoms with Gasteiger partial charge in [-0.05, 0) is 12.1 Å². The van der Waals surface area contributed by atoms with Crippen molar-refractivity contribution in [1.29, 1.82) is 0 Å². The Morgan fingerprint density at radius 1 is 1.50 bits per heavy atom. The summed E-state index contributed by atoms with van der Waals surface area (Å²) in [6.07, 6.45) is 1.23. The third kappa shape index (κ3) is 4.62. The van der Waals surface area contributed by atoms with E-state index in [1.54, 1.807) is 13.2 Å². The molecule has 0 aromatic heterocycles. The van der Waals surface area contributed by atoms with Gasteiger partial charge >= 0.3 is 0 Å². The monoisotopic (exact) mass is 334 g/mol. The van der Waals surface area contributed by atoms with E-state index < -0.39 is 0 Å². The van der Waals surface area contributed by atoms with Gasteiger partial charge in [-0.1, -0.05) is 6.58 Å². The van der Waals surface area contributed by atoms with Gasteiger partial charge in [0.15, 0.2) is 0 Å². The standard InChI is InChI=1S/C17H26N4O3/c1-4-17(22)19-14-11-13(18)16(23-3)12-15(14)20(2)5-6-21-7-9-24-10-8-21/h4,11-12H,1,5-10,18H2,2-3H3,(H,19,22). The SMILES string of the molecule is C=CC(=O)Nc1cc(N)c(OC)cc1N(C)CCN1CCOCC1. The summed E-state index contributed by atoms with van der Waals surface area (Å²) < 4.78 is 10.7. The van der Waals surface area contributed by atoms with Crippen LogP contribution in [0, 0.1) is 0 Å². The maximum Gasteiger partial charge on any atom is 0.247 e. The van der Waals surface area contributed by atoms with Crippen molar-refractivity contribution in [3.05, 3.63) is 24.8 Å². The number of rotatable bonds is 7. The fourth-order valence-corrected chi connectivity index (χ4v) is 2.60. The normalized spacial score (nSPS) is 14.9. The highest BCUT2D eigenvalue weighted by molar-refractivity contribution is 6.02. The number of hydrogen-bond donors (Lipinski definition) is 2. The van der Waals surface area contributed by atoms with Crippen LogP contribution >= 0.6 is 0 Å². The molecule has 1 heterocycles. The minimum Gasteiger partial charge on any atom is -0.495 e. The number of ether oxygens (including phenoxy) is 2. The molecule has 3 N–H and O–H groups in total. The summed E-state index contributed by atoms with van der Waals surface area (Å²) in [6, 6.07) is 3.55. The third-order valence-corrected chi connectivity index (χ3v) is 4.06. The molecule has 132 valence electrons. The molecule has 0 atom stereocenters. The van der Waals surface area contributed by atoms with Gasteiger partial charge in [0.25, 0.3) is 0 Å². The maximum absolute atomic E-state index is 11.7. The van der Waals surface area contributed by atoms with Crippen molar-refractivity contribution in [2.24, 2.45) is 0 Å². The molecule has 7 nitrogen and oxygen atoms in total. The second kappa shape index (κ2) is 8.56. The van der Waals surface area contributed by atoms with Crippen molar-refractivity contribution >= 4 is 23.0 Å². The summed E-state index contributed by atoms with van der Waals surface area (Å²) in [5, 5.41) is 2.80. The number of methoxy groups -OCH3 is 1. The first-order chi connectivity index (χ1) is 11.5. The smallest absolute Gasteiger partial charge is 0.247 e. The van der Waals surface area contributed by atoms with Crippen LogP contribution in [0.2, 0.25) is 0 Å². The van der Waals surface area contributed by atoms with Crippen LogP contribution in [0.3, 0.4) is 0 Å². The third-order valence-electron chi connectivity index (χ3n) is 4.06. The first-order valence-electron chi connectivity index (χ1n) is 7.97. The lowest BCUT2D eigenvalue weighted by Gasteiger charge is -2.30. The highest BCUT2D eigenvalue weighted by Crippen LogP contribution is 2.35. The predicted octanol–water partition coefficient (Wildman–Crippen LogP) is 1.17. The number of morpholine rings is 1. The van der Waals surface area contributed by atoms with Crippen molar-refractivity contribution < 1.29 is 14.3 Å². The number of anilines is 3. The van der Waals surface area contributed by atoms with E-state index in [0.717, 1.165) is 45.1 Å². The number of amides is 1. The van der Waals surface area contributed by atoms with E-state index in [1.165, 1.54) is 6.08 Å². The summed E-state index contributed by atoms with van der Waals surface area (Å²) in [6.45, 7) is 8.65. The van der Waals surface area contributed by atoms with Crippen LogP contribution in [-0.4, -0.2) is 64.4 Å². The minimum absolute atomic E-state index is 0.276. The van der Waals surface area contributed by atoms with Crippen LogP contribution in [0.15, 0.2) is 24.8 Å². The lowest BCUT2D eigenvalue weighted by atomic mass is 10.2. The predicted molar refractivity (Wildman–Crippen MR) is 96.8 cm³/mol. The van der Waals surface area contributed by atoms with Crippen molar-refractivity contribution in [3.63, 3.8) is 0 Å². The lowest BCUT2D eigenvalue weighted by molar-refractivity contribution is -0.111. The fourth-order valence-electron chi connectivity index (χ4n) is 2.60. The average Bonchev–Trinajstić information content (AvgIpc) is 2.60. The first-order valence-corrected chi connectivity index (χ1v) is 7.97. The Bertz CT molecular complexity index is 585. The van der Waals surface area contributed by atoms with Gasteiger partial charge in [-0.25, -0.2) is 0 Å². The summed E-state index contributed by atoms with van der Waals surface area (Å²) in [4.78, 5) is 16.1. The highest BCUT2D eigenvalue weighted by Gasteiger charge is 2.16. The van der Waals surface area contributed by atoms with E-state index in [9.17, 15) is 4.79 Å². The zero-order chi connectivity index (χ0) is 17.5. The van der Waals surface area contributed by atoms with Crippen LogP contribution in [0.1, 0.15) is 0 Å². The molecule has 1 aromatic carbocycles. The van der Waals surface area contributed by atoms with Crippen molar-refractivity contribution in [2.45, 2.75) is 0 Å². The molecule has 0 spiro atoms. The molecule has 0 bridgehead atoms. The summed E-state index contributed by atoms with van der Waals surface area (Å²) >= 11 is 0. The molecule has 1 aromatic rings. The van der Waals surface area contributed by atoms with E-state index in [1.807, 2.05) is 13.1 Å². The number of nitrogens with zero attached hydrogens (tertiary/aromatic N) is 2. The molecule has 0 aliphatic carbocycles. The van der Waals surface area contributed by atoms with Crippen molar-refractivity contribution in [3.8, 4) is 5.75 Å². The fraction of sp³-hybridized carbons (Fsp3) is 0.471. The Hall–Kier alpha value is -2.25. The van der Waals surface area contributed by atoms with E-state index in [0.29, 0.717) is 17.1 Å². The quantitative estimate of drug-likeness (QED) is 0.576. The molecular weight excluding hydrogens is 308 g/mol. The van der Waals surface area contributed by atoms with Gasteiger partial charge in [-0.3, -0.25) is 9.69 Å². The van der Waals surface area contributed by atoms with Gasteiger partial charge < -0.3 is 25.4 Å². The van der Waals surface area contributed by atoms with E-state index >= 15 is 0 Å². The van der Waals surface area contributed by atoms with Gasteiger partial charge in [-0.15, -0.1) is 0 Å².